The summed E-state index contributed by atoms with van der Waals surface area (Å²) < 4.78 is 5.75. The van der Waals surface area contributed by atoms with Gasteiger partial charge in [0.2, 0.25) is 0 Å². The molecular weight excluding hydrogens is 256 g/mol. The number of aliphatic carboxylic acids is 1. The Morgan fingerprint density at radius 1 is 1.35 bits per heavy atom. The molecule has 0 saturated heterocycles. The molecule has 4 heteroatoms. The molecule has 1 fully saturated rings. The second-order valence-corrected chi connectivity index (χ2v) is 6.98. The van der Waals surface area contributed by atoms with Crippen LogP contribution < -0.4 is 0 Å². The maximum atomic E-state index is 11.7. The van der Waals surface area contributed by atoms with Crippen LogP contribution >= 0.6 is 0 Å². The Balaban J connectivity index is 2.76. The average Bonchev–Trinajstić information content (AvgIpc) is 2.38. The van der Waals surface area contributed by atoms with Crippen LogP contribution in [-0.4, -0.2) is 34.0 Å². The molecule has 0 aromatic rings. The van der Waals surface area contributed by atoms with Gasteiger partial charge in [-0.2, -0.15) is 0 Å². The fourth-order valence-corrected chi connectivity index (χ4v) is 2.99. The van der Waals surface area contributed by atoms with E-state index in [4.69, 9.17) is 4.74 Å². The van der Waals surface area contributed by atoms with Gasteiger partial charge < -0.3 is 14.9 Å². The fraction of sp³-hybridized carbons (Fsp3) is 0.938. The third kappa shape index (κ3) is 3.73. The van der Waals surface area contributed by atoms with Gasteiger partial charge >= 0.3 is 5.97 Å². The van der Waals surface area contributed by atoms with Crippen LogP contribution in [0.2, 0.25) is 0 Å². The number of rotatable bonds is 6. The molecular formula is C16H30O4. The monoisotopic (exact) mass is 286 g/mol. The third-order valence-corrected chi connectivity index (χ3v) is 5.29. The molecule has 1 rings (SSSR count). The largest absolute Gasteiger partial charge is 0.479 e. The summed E-state index contributed by atoms with van der Waals surface area (Å²) in [5.74, 6) is -0.344. The number of hydrogen-bond acceptors (Lipinski definition) is 3. The Hall–Kier alpha value is -0.610. The van der Waals surface area contributed by atoms with Crippen LogP contribution in [-0.2, 0) is 9.53 Å². The third-order valence-electron chi connectivity index (χ3n) is 5.29. The molecule has 1 aliphatic carbocycles. The molecule has 0 spiro atoms. The van der Waals surface area contributed by atoms with Gasteiger partial charge in [-0.1, -0.05) is 27.2 Å². The van der Waals surface area contributed by atoms with E-state index in [0.29, 0.717) is 18.8 Å². The number of ether oxygens (including phenoxy) is 1. The van der Waals surface area contributed by atoms with Crippen LogP contribution in [0, 0.1) is 11.3 Å². The smallest absolute Gasteiger partial charge is 0.335 e. The second kappa shape index (κ2) is 6.44. The Kier molecular flexibility index (Phi) is 5.61. The van der Waals surface area contributed by atoms with E-state index >= 15 is 0 Å². The van der Waals surface area contributed by atoms with Crippen molar-refractivity contribution in [2.75, 3.05) is 0 Å². The van der Waals surface area contributed by atoms with E-state index in [-0.39, 0.29) is 5.41 Å². The predicted molar refractivity (Wildman–Crippen MR) is 78.6 cm³/mol. The molecule has 1 aliphatic rings. The van der Waals surface area contributed by atoms with Gasteiger partial charge in [-0.05, 0) is 50.9 Å². The Labute approximate surface area is 122 Å². The predicted octanol–water partition coefficient (Wildman–Crippen LogP) is 3.22. The summed E-state index contributed by atoms with van der Waals surface area (Å²) in [5.41, 5.74) is -0.864. The van der Waals surface area contributed by atoms with Crippen molar-refractivity contribution < 1.29 is 19.7 Å². The lowest BCUT2D eigenvalue weighted by molar-refractivity contribution is -0.189. The van der Waals surface area contributed by atoms with Gasteiger partial charge in [0.05, 0.1) is 12.2 Å². The van der Waals surface area contributed by atoms with Crippen molar-refractivity contribution in [1.82, 2.24) is 0 Å². The first-order valence-corrected chi connectivity index (χ1v) is 7.74. The van der Waals surface area contributed by atoms with E-state index in [0.717, 1.165) is 19.3 Å². The molecule has 0 aliphatic heterocycles. The lowest BCUT2D eigenvalue weighted by atomic mass is 9.66. The highest BCUT2D eigenvalue weighted by molar-refractivity contribution is 5.77. The summed E-state index contributed by atoms with van der Waals surface area (Å²) in [4.78, 5) is 11.7. The summed E-state index contributed by atoms with van der Waals surface area (Å²) in [6.45, 7) is 10.1. The lowest BCUT2D eigenvalue weighted by Gasteiger charge is -2.43. The van der Waals surface area contributed by atoms with Crippen molar-refractivity contribution in [3.8, 4) is 0 Å². The highest BCUT2D eigenvalue weighted by Gasteiger charge is 2.46. The van der Waals surface area contributed by atoms with Gasteiger partial charge in [0, 0.05) is 0 Å². The molecule has 2 atom stereocenters. The van der Waals surface area contributed by atoms with E-state index in [9.17, 15) is 15.0 Å². The Bertz CT molecular complexity index is 327. The maximum absolute atomic E-state index is 11.7. The first-order valence-electron chi connectivity index (χ1n) is 7.74. The average molecular weight is 286 g/mol. The van der Waals surface area contributed by atoms with E-state index in [1.165, 1.54) is 0 Å². The van der Waals surface area contributed by atoms with Crippen molar-refractivity contribution in [2.45, 2.75) is 84.5 Å². The zero-order valence-corrected chi connectivity index (χ0v) is 13.5. The Morgan fingerprint density at radius 2 is 1.85 bits per heavy atom. The molecule has 2 unspecified atom stereocenters. The van der Waals surface area contributed by atoms with Crippen LogP contribution in [0.3, 0.4) is 0 Å². The van der Waals surface area contributed by atoms with Gasteiger partial charge in [0.1, 0.15) is 0 Å². The van der Waals surface area contributed by atoms with Gasteiger partial charge in [0.15, 0.2) is 5.60 Å². The van der Waals surface area contributed by atoms with Gasteiger partial charge in [0.25, 0.3) is 0 Å². The molecule has 0 bridgehead atoms. The molecule has 118 valence electrons. The fourth-order valence-electron chi connectivity index (χ4n) is 2.99. The number of aliphatic hydroxyl groups is 1. The first-order chi connectivity index (χ1) is 9.14. The number of aliphatic hydroxyl groups excluding tert-OH is 1. The minimum Gasteiger partial charge on any atom is -0.479 e. The number of carbonyl (C=O) groups is 1. The summed E-state index contributed by atoms with van der Waals surface area (Å²) in [6.07, 6.45) is 2.81. The normalized spacial score (nSPS) is 30.8. The van der Waals surface area contributed by atoms with E-state index < -0.39 is 23.8 Å². The quantitative estimate of drug-likeness (QED) is 0.786. The van der Waals surface area contributed by atoms with Gasteiger partial charge in [-0.3, -0.25) is 0 Å². The molecule has 20 heavy (non-hydrogen) atoms. The maximum Gasteiger partial charge on any atom is 0.335 e. The van der Waals surface area contributed by atoms with Crippen molar-refractivity contribution in [3.63, 3.8) is 0 Å². The molecule has 0 radical (unpaired) electrons. The van der Waals surface area contributed by atoms with Crippen LogP contribution in [0.4, 0.5) is 0 Å². The van der Waals surface area contributed by atoms with E-state index in [1.807, 2.05) is 0 Å². The van der Waals surface area contributed by atoms with Crippen LogP contribution in [0.25, 0.3) is 0 Å². The lowest BCUT2D eigenvalue weighted by Crippen LogP contribution is -2.49. The minimum atomic E-state index is -1.11. The SMILES string of the molecule is CCC(C)(C)C1CCC(OC(C)C(C)O)(C(=O)O)CC1. The van der Waals surface area contributed by atoms with E-state index in [1.54, 1.807) is 13.8 Å². The summed E-state index contributed by atoms with van der Waals surface area (Å²) in [5, 5.41) is 19.1. The van der Waals surface area contributed by atoms with E-state index in [2.05, 4.69) is 20.8 Å². The molecule has 2 N–H and O–H groups in total. The van der Waals surface area contributed by atoms with Gasteiger partial charge in [-0.15, -0.1) is 0 Å². The van der Waals surface area contributed by atoms with Crippen molar-refractivity contribution >= 4 is 5.97 Å². The summed E-state index contributed by atoms with van der Waals surface area (Å²) >= 11 is 0. The molecule has 1 saturated carbocycles. The number of hydrogen-bond donors (Lipinski definition) is 2. The second-order valence-electron chi connectivity index (χ2n) is 6.98. The van der Waals surface area contributed by atoms with Crippen LogP contribution in [0.1, 0.15) is 66.7 Å². The van der Waals surface area contributed by atoms with Crippen molar-refractivity contribution in [1.29, 1.82) is 0 Å². The minimum absolute atomic E-state index is 0.251. The van der Waals surface area contributed by atoms with Crippen molar-refractivity contribution in [3.05, 3.63) is 0 Å². The molecule has 0 aromatic heterocycles. The topological polar surface area (TPSA) is 66.8 Å². The number of carboxylic acid groups (broad SMARTS) is 1. The summed E-state index contributed by atoms with van der Waals surface area (Å²) in [7, 11) is 0. The first kappa shape index (κ1) is 17.4. The van der Waals surface area contributed by atoms with Crippen LogP contribution in [0.15, 0.2) is 0 Å². The standard InChI is InChI=1S/C16H30O4/c1-6-15(4,5)13-7-9-16(10-8-13,14(18)19)20-12(3)11(2)17/h11-13,17H,6-10H2,1-5H3,(H,18,19). The molecule has 0 aromatic carbocycles. The molecule has 0 heterocycles. The van der Waals surface area contributed by atoms with Crippen molar-refractivity contribution in [2.24, 2.45) is 11.3 Å². The van der Waals surface area contributed by atoms with Crippen LogP contribution in [0.5, 0.6) is 0 Å². The zero-order valence-electron chi connectivity index (χ0n) is 13.5. The molecule has 4 nitrogen and oxygen atoms in total. The highest BCUT2D eigenvalue weighted by atomic mass is 16.5. The summed E-state index contributed by atoms with van der Waals surface area (Å²) in [6, 6.07) is 0. The molecule has 0 amide bonds. The van der Waals surface area contributed by atoms with Gasteiger partial charge in [-0.25, -0.2) is 4.79 Å². The zero-order chi connectivity index (χ0) is 15.6. The highest BCUT2D eigenvalue weighted by Crippen LogP contribution is 2.45. The number of carboxylic acids is 1. The Morgan fingerprint density at radius 3 is 2.20 bits per heavy atom.